The summed E-state index contributed by atoms with van der Waals surface area (Å²) in [7, 11) is 0. The Morgan fingerprint density at radius 3 is 2.72 bits per heavy atom. The van der Waals surface area contributed by atoms with Crippen LogP contribution in [-0.2, 0) is 4.79 Å². The summed E-state index contributed by atoms with van der Waals surface area (Å²) < 4.78 is 0. The van der Waals surface area contributed by atoms with Crippen LogP contribution in [0.25, 0.3) is 0 Å². The molecule has 0 amide bonds. The molecule has 0 aliphatic carbocycles. The van der Waals surface area contributed by atoms with Crippen LogP contribution in [0.5, 0.6) is 0 Å². The number of nitro groups is 1. The van der Waals surface area contributed by atoms with Gasteiger partial charge in [-0.05, 0) is 18.6 Å². The smallest absolute Gasteiger partial charge is 0.323 e. The van der Waals surface area contributed by atoms with Gasteiger partial charge < -0.3 is 10.0 Å². The van der Waals surface area contributed by atoms with Crippen molar-refractivity contribution in [3.05, 3.63) is 46.5 Å². The predicted molar refractivity (Wildman–Crippen MR) is 67.9 cm³/mol. The van der Waals surface area contributed by atoms with Crippen LogP contribution in [0.2, 0.25) is 0 Å². The first kappa shape index (κ1) is 13.7. The Labute approximate surface area is 104 Å². The Hall–Kier alpha value is -2.37. The molecule has 0 heterocycles. The summed E-state index contributed by atoms with van der Waals surface area (Å²) in [5.74, 6) is -0.999. The van der Waals surface area contributed by atoms with E-state index in [2.05, 4.69) is 6.58 Å². The van der Waals surface area contributed by atoms with E-state index in [1.807, 2.05) is 0 Å². The van der Waals surface area contributed by atoms with Gasteiger partial charge in [-0.3, -0.25) is 14.9 Å². The Morgan fingerprint density at radius 2 is 2.22 bits per heavy atom. The molecule has 0 spiro atoms. The Bertz CT molecular complexity index is 485. The lowest BCUT2D eigenvalue weighted by molar-refractivity contribution is -0.384. The summed E-state index contributed by atoms with van der Waals surface area (Å²) in [5.41, 5.74) is 1.16. The Kier molecular flexibility index (Phi) is 4.42. The first-order chi connectivity index (χ1) is 8.43. The van der Waals surface area contributed by atoms with E-state index in [1.165, 1.54) is 17.0 Å². The number of carboxylic acid groups (broad SMARTS) is 1. The van der Waals surface area contributed by atoms with Crippen molar-refractivity contribution in [2.24, 2.45) is 0 Å². The van der Waals surface area contributed by atoms with Crippen LogP contribution in [0.15, 0.2) is 30.9 Å². The van der Waals surface area contributed by atoms with Crippen LogP contribution in [0.4, 0.5) is 11.4 Å². The third-order valence-corrected chi connectivity index (χ3v) is 2.30. The van der Waals surface area contributed by atoms with Crippen molar-refractivity contribution in [2.75, 3.05) is 18.0 Å². The first-order valence-electron chi connectivity index (χ1n) is 5.27. The highest BCUT2D eigenvalue weighted by Crippen LogP contribution is 2.23. The van der Waals surface area contributed by atoms with Crippen molar-refractivity contribution in [1.82, 2.24) is 0 Å². The zero-order chi connectivity index (χ0) is 13.7. The van der Waals surface area contributed by atoms with Gasteiger partial charge in [0.25, 0.3) is 5.69 Å². The molecule has 1 aromatic carbocycles. The quantitative estimate of drug-likeness (QED) is 0.474. The minimum absolute atomic E-state index is 0.0514. The molecule has 96 valence electrons. The highest BCUT2D eigenvalue weighted by atomic mass is 16.6. The average molecular weight is 250 g/mol. The summed E-state index contributed by atoms with van der Waals surface area (Å²) in [5, 5.41) is 19.6. The summed E-state index contributed by atoms with van der Waals surface area (Å²) >= 11 is 0. The Morgan fingerprint density at radius 1 is 1.56 bits per heavy atom. The van der Waals surface area contributed by atoms with Gasteiger partial charge in [0.1, 0.15) is 6.54 Å². The van der Waals surface area contributed by atoms with E-state index in [0.717, 1.165) is 0 Å². The number of rotatable bonds is 6. The van der Waals surface area contributed by atoms with Gasteiger partial charge in [0.2, 0.25) is 0 Å². The molecular formula is C12H14N2O4. The number of hydrogen-bond acceptors (Lipinski definition) is 4. The molecule has 6 nitrogen and oxygen atoms in total. The van der Waals surface area contributed by atoms with E-state index < -0.39 is 10.9 Å². The molecule has 0 saturated heterocycles. The number of benzene rings is 1. The van der Waals surface area contributed by atoms with E-state index in [-0.39, 0.29) is 12.2 Å². The molecule has 0 fully saturated rings. The average Bonchev–Trinajstić information content (AvgIpc) is 2.27. The third-order valence-electron chi connectivity index (χ3n) is 2.30. The zero-order valence-electron chi connectivity index (χ0n) is 10.00. The van der Waals surface area contributed by atoms with E-state index >= 15 is 0 Å². The SMILES string of the molecule is C=CCN(CC(=O)O)c1cc(C)cc([N+](=O)[O-])c1. The normalized spacial score (nSPS) is 9.83. The van der Waals surface area contributed by atoms with Crippen LogP contribution in [0.3, 0.4) is 0 Å². The fourth-order valence-electron chi connectivity index (χ4n) is 1.61. The van der Waals surface area contributed by atoms with Crippen molar-refractivity contribution in [3.63, 3.8) is 0 Å². The lowest BCUT2D eigenvalue weighted by Crippen LogP contribution is -2.29. The second-order valence-corrected chi connectivity index (χ2v) is 3.85. The number of non-ortho nitro benzene ring substituents is 1. The number of carbonyl (C=O) groups is 1. The van der Waals surface area contributed by atoms with Gasteiger partial charge in [0.15, 0.2) is 0 Å². The van der Waals surface area contributed by atoms with E-state index in [4.69, 9.17) is 5.11 Å². The lowest BCUT2D eigenvalue weighted by Gasteiger charge is -2.21. The van der Waals surface area contributed by atoms with Crippen molar-refractivity contribution in [1.29, 1.82) is 0 Å². The minimum atomic E-state index is -0.999. The maximum Gasteiger partial charge on any atom is 0.323 e. The highest BCUT2D eigenvalue weighted by Gasteiger charge is 2.14. The molecule has 0 bridgehead atoms. The maximum atomic E-state index is 10.8. The van der Waals surface area contributed by atoms with Crippen LogP contribution < -0.4 is 4.90 Å². The van der Waals surface area contributed by atoms with Crippen molar-refractivity contribution < 1.29 is 14.8 Å². The number of aliphatic carboxylic acids is 1. The topological polar surface area (TPSA) is 83.7 Å². The molecule has 6 heteroatoms. The molecule has 1 aromatic rings. The van der Waals surface area contributed by atoms with Crippen LogP contribution >= 0.6 is 0 Å². The fourth-order valence-corrected chi connectivity index (χ4v) is 1.61. The molecule has 0 atom stereocenters. The van der Waals surface area contributed by atoms with E-state index in [1.54, 1.807) is 19.1 Å². The summed E-state index contributed by atoms with van der Waals surface area (Å²) in [6, 6.07) is 4.51. The Balaban J connectivity index is 3.14. The van der Waals surface area contributed by atoms with E-state index in [9.17, 15) is 14.9 Å². The molecule has 18 heavy (non-hydrogen) atoms. The van der Waals surface area contributed by atoms with E-state index in [0.29, 0.717) is 17.8 Å². The van der Waals surface area contributed by atoms with Gasteiger partial charge in [-0.2, -0.15) is 0 Å². The molecule has 0 radical (unpaired) electrons. The standard InChI is InChI=1S/C12H14N2O4/c1-3-4-13(8-12(15)16)10-5-9(2)6-11(7-10)14(17)18/h3,5-7H,1,4,8H2,2H3,(H,15,16). The zero-order valence-corrected chi connectivity index (χ0v) is 10.00. The second kappa shape index (κ2) is 5.81. The molecule has 0 aromatic heterocycles. The number of nitro benzene ring substituents is 1. The third kappa shape index (κ3) is 3.58. The molecule has 0 aliphatic rings. The van der Waals surface area contributed by atoms with Gasteiger partial charge >= 0.3 is 5.97 Å². The maximum absolute atomic E-state index is 10.8. The number of hydrogen-bond donors (Lipinski definition) is 1. The largest absolute Gasteiger partial charge is 0.480 e. The highest BCUT2D eigenvalue weighted by molar-refractivity contribution is 5.74. The van der Waals surface area contributed by atoms with Gasteiger partial charge in [-0.1, -0.05) is 6.08 Å². The van der Waals surface area contributed by atoms with Crippen LogP contribution in [0.1, 0.15) is 5.56 Å². The summed E-state index contributed by atoms with van der Waals surface area (Å²) in [4.78, 5) is 22.5. The molecular weight excluding hydrogens is 236 g/mol. The molecule has 0 unspecified atom stereocenters. The predicted octanol–water partition coefficient (Wildman–Crippen LogP) is 1.98. The first-order valence-corrected chi connectivity index (χ1v) is 5.27. The minimum Gasteiger partial charge on any atom is -0.480 e. The van der Waals surface area contributed by atoms with Gasteiger partial charge in [-0.15, -0.1) is 6.58 Å². The number of nitrogens with zero attached hydrogens (tertiary/aromatic N) is 2. The monoisotopic (exact) mass is 250 g/mol. The van der Waals surface area contributed by atoms with Crippen LogP contribution in [0, 0.1) is 17.0 Å². The summed E-state index contributed by atoms with van der Waals surface area (Å²) in [6.07, 6.45) is 1.55. The van der Waals surface area contributed by atoms with Crippen molar-refractivity contribution >= 4 is 17.3 Å². The summed E-state index contributed by atoms with van der Waals surface area (Å²) in [6.45, 7) is 5.35. The van der Waals surface area contributed by atoms with Crippen molar-refractivity contribution in [2.45, 2.75) is 6.92 Å². The molecule has 1 N–H and O–H groups in total. The van der Waals surface area contributed by atoms with Gasteiger partial charge in [0.05, 0.1) is 4.92 Å². The van der Waals surface area contributed by atoms with Crippen molar-refractivity contribution in [3.8, 4) is 0 Å². The van der Waals surface area contributed by atoms with Gasteiger partial charge in [0, 0.05) is 24.4 Å². The van der Waals surface area contributed by atoms with Gasteiger partial charge in [-0.25, -0.2) is 0 Å². The second-order valence-electron chi connectivity index (χ2n) is 3.85. The van der Waals surface area contributed by atoms with Crippen LogP contribution in [-0.4, -0.2) is 29.1 Å². The number of carboxylic acids is 1. The molecule has 0 saturated carbocycles. The molecule has 1 rings (SSSR count). The fraction of sp³-hybridized carbons (Fsp3) is 0.250. The molecule has 0 aliphatic heterocycles. The number of aryl methyl sites for hydroxylation is 1. The number of anilines is 1. The lowest BCUT2D eigenvalue weighted by atomic mass is 10.1.